The number of aryl methyl sites for hydroxylation is 1. The Hall–Kier alpha value is -2.27. The van der Waals surface area contributed by atoms with Crippen LogP contribution in [0.25, 0.3) is 0 Å². The third-order valence-electron chi connectivity index (χ3n) is 2.92. The quantitative estimate of drug-likeness (QED) is 0.497. The Labute approximate surface area is 127 Å². The molecular formula is C15H15ClN2O3. The number of halogens is 1. The molecular weight excluding hydrogens is 292 g/mol. The molecule has 1 N–H and O–H groups in total. The lowest BCUT2D eigenvalue weighted by molar-refractivity contribution is -0.384. The van der Waals surface area contributed by atoms with Crippen LogP contribution in [0.15, 0.2) is 42.5 Å². The highest BCUT2D eigenvalue weighted by Gasteiger charge is 2.14. The Bertz CT molecular complexity index is 632. The van der Waals surface area contributed by atoms with Crippen molar-refractivity contribution >= 4 is 23.0 Å². The minimum Gasteiger partial charge on any atom is -0.492 e. The van der Waals surface area contributed by atoms with Crippen molar-refractivity contribution < 1.29 is 9.66 Å². The summed E-state index contributed by atoms with van der Waals surface area (Å²) in [5, 5.41) is 14.1. The highest BCUT2D eigenvalue weighted by atomic mass is 35.5. The molecule has 0 radical (unpaired) electrons. The fourth-order valence-corrected chi connectivity index (χ4v) is 2.10. The molecule has 0 amide bonds. The van der Waals surface area contributed by atoms with E-state index in [0.717, 1.165) is 17.0 Å². The standard InChI is InChI=1S/C15H15ClN2O3/c1-11-9-15(18(19)20)13(16)10-14(11)17-7-8-21-12-5-3-2-4-6-12/h2-6,9-10,17H,7-8H2,1H3. The average molecular weight is 307 g/mol. The maximum absolute atomic E-state index is 10.8. The molecule has 6 heteroatoms. The van der Waals surface area contributed by atoms with E-state index in [-0.39, 0.29) is 10.7 Å². The van der Waals surface area contributed by atoms with E-state index in [2.05, 4.69) is 5.32 Å². The summed E-state index contributed by atoms with van der Waals surface area (Å²) in [5.41, 5.74) is 1.45. The van der Waals surface area contributed by atoms with Crippen LogP contribution in [0.3, 0.4) is 0 Å². The molecule has 0 unspecified atom stereocenters. The Balaban J connectivity index is 1.92. The zero-order valence-electron chi connectivity index (χ0n) is 11.5. The lowest BCUT2D eigenvalue weighted by Crippen LogP contribution is -2.12. The number of para-hydroxylation sites is 1. The van der Waals surface area contributed by atoms with Crippen LogP contribution in [0.1, 0.15) is 5.56 Å². The zero-order valence-corrected chi connectivity index (χ0v) is 12.3. The molecule has 0 aliphatic carbocycles. The van der Waals surface area contributed by atoms with Gasteiger partial charge < -0.3 is 10.1 Å². The molecule has 2 aromatic rings. The molecule has 0 spiro atoms. The number of nitro benzene ring substituents is 1. The lowest BCUT2D eigenvalue weighted by Gasteiger charge is -2.11. The number of benzene rings is 2. The lowest BCUT2D eigenvalue weighted by atomic mass is 10.2. The van der Waals surface area contributed by atoms with Gasteiger partial charge in [-0.1, -0.05) is 29.8 Å². The van der Waals surface area contributed by atoms with Crippen molar-refractivity contribution in [3.63, 3.8) is 0 Å². The Morgan fingerprint density at radius 1 is 1.29 bits per heavy atom. The molecule has 0 aliphatic rings. The van der Waals surface area contributed by atoms with Gasteiger partial charge in [-0.2, -0.15) is 0 Å². The molecule has 110 valence electrons. The van der Waals surface area contributed by atoms with Gasteiger partial charge in [-0.3, -0.25) is 10.1 Å². The van der Waals surface area contributed by atoms with Crippen LogP contribution in [-0.4, -0.2) is 18.1 Å². The second-order valence-electron chi connectivity index (χ2n) is 4.46. The van der Waals surface area contributed by atoms with E-state index in [0.29, 0.717) is 13.2 Å². The summed E-state index contributed by atoms with van der Waals surface area (Å²) in [6, 6.07) is 12.5. The first-order valence-corrected chi connectivity index (χ1v) is 6.82. The number of hydrogen-bond acceptors (Lipinski definition) is 4. The zero-order chi connectivity index (χ0) is 15.2. The minimum absolute atomic E-state index is 0.0831. The highest BCUT2D eigenvalue weighted by molar-refractivity contribution is 6.33. The highest BCUT2D eigenvalue weighted by Crippen LogP contribution is 2.30. The second kappa shape index (κ2) is 6.95. The summed E-state index contributed by atoms with van der Waals surface area (Å²) in [5.74, 6) is 0.803. The van der Waals surface area contributed by atoms with Crippen LogP contribution in [0, 0.1) is 17.0 Å². The largest absolute Gasteiger partial charge is 0.492 e. The predicted octanol–water partition coefficient (Wildman–Crippen LogP) is 4.05. The molecule has 0 aliphatic heterocycles. The molecule has 0 saturated heterocycles. The van der Waals surface area contributed by atoms with Crippen molar-refractivity contribution in [1.82, 2.24) is 0 Å². The van der Waals surface area contributed by atoms with Crippen LogP contribution >= 0.6 is 11.6 Å². The van der Waals surface area contributed by atoms with Gasteiger partial charge in [-0.15, -0.1) is 0 Å². The number of hydrogen-bond donors (Lipinski definition) is 1. The van der Waals surface area contributed by atoms with Crippen LogP contribution in [0.2, 0.25) is 5.02 Å². The molecule has 0 atom stereocenters. The van der Waals surface area contributed by atoms with Gasteiger partial charge in [0.2, 0.25) is 0 Å². The smallest absolute Gasteiger partial charge is 0.288 e. The molecule has 0 heterocycles. The molecule has 2 aromatic carbocycles. The number of nitrogens with one attached hydrogen (secondary N) is 1. The van der Waals surface area contributed by atoms with E-state index in [1.165, 1.54) is 6.07 Å². The Morgan fingerprint density at radius 2 is 2.00 bits per heavy atom. The first-order valence-electron chi connectivity index (χ1n) is 6.44. The van der Waals surface area contributed by atoms with Gasteiger partial charge in [0.1, 0.15) is 17.4 Å². The summed E-state index contributed by atoms with van der Waals surface area (Å²) in [6.07, 6.45) is 0. The van der Waals surface area contributed by atoms with E-state index < -0.39 is 4.92 Å². The SMILES string of the molecule is Cc1cc([N+](=O)[O-])c(Cl)cc1NCCOc1ccccc1. The van der Waals surface area contributed by atoms with Crippen LogP contribution in [0.5, 0.6) is 5.75 Å². The predicted molar refractivity (Wildman–Crippen MR) is 83.3 cm³/mol. The topological polar surface area (TPSA) is 64.4 Å². The molecule has 0 bridgehead atoms. The fraction of sp³-hybridized carbons (Fsp3) is 0.200. The van der Waals surface area contributed by atoms with E-state index >= 15 is 0 Å². The molecule has 5 nitrogen and oxygen atoms in total. The van der Waals surface area contributed by atoms with Gasteiger partial charge in [0.05, 0.1) is 4.92 Å². The molecule has 21 heavy (non-hydrogen) atoms. The van der Waals surface area contributed by atoms with Crippen LogP contribution < -0.4 is 10.1 Å². The van der Waals surface area contributed by atoms with Gasteiger partial charge in [-0.05, 0) is 30.7 Å². The van der Waals surface area contributed by atoms with Gasteiger partial charge in [0.25, 0.3) is 5.69 Å². The Morgan fingerprint density at radius 3 is 2.67 bits per heavy atom. The number of nitrogens with zero attached hydrogens (tertiary/aromatic N) is 1. The summed E-state index contributed by atoms with van der Waals surface area (Å²) in [4.78, 5) is 10.3. The van der Waals surface area contributed by atoms with Crippen LogP contribution in [0.4, 0.5) is 11.4 Å². The van der Waals surface area contributed by atoms with Gasteiger partial charge in [0, 0.05) is 18.3 Å². The maximum atomic E-state index is 10.8. The number of nitro groups is 1. The molecule has 0 fully saturated rings. The third-order valence-corrected chi connectivity index (χ3v) is 3.22. The maximum Gasteiger partial charge on any atom is 0.288 e. The first kappa shape index (κ1) is 15.1. The monoisotopic (exact) mass is 306 g/mol. The van der Waals surface area contributed by atoms with Crippen molar-refractivity contribution in [3.05, 3.63) is 63.2 Å². The minimum atomic E-state index is -0.488. The van der Waals surface area contributed by atoms with Gasteiger partial charge >= 0.3 is 0 Å². The summed E-state index contributed by atoms with van der Waals surface area (Å²) >= 11 is 5.89. The van der Waals surface area contributed by atoms with Crippen molar-refractivity contribution in [1.29, 1.82) is 0 Å². The summed E-state index contributed by atoms with van der Waals surface area (Å²) in [6.45, 7) is 2.85. The van der Waals surface area contributed by atoms with Crippen molar-refractivity contribution in [2.75, 3.05) is 18.5 Å². The van der Waals surface area contributed by atoms with Gasteiger partial charge in [-0.25, -0.2) is 0 Å². The molecule has 0 aromatic heterocycles. The van der Waals surface area contributed by atoms with E-state index in [4.69, 9.17) is 16.3 Å². The summed E-state index contributed by atoms with van der Waals surface area (Å²) < 4.78 is 5.56. The molecule has 2 rings (SSSR count). The third kappa shape index (κ3) is 4.10. The second-order valence-corrected chi connectivity index (χ2v) is 4.87. The average Bonchev–Trinajstić information content (AvgIpc) is 2.47. The number of anilines is 1. The van der Waals surface area contributed by atoms with E-state index in [9.17, 15) is 10.1 Å². The van der Waals surface area contributed by atoms with Gasteiger partial charge in [0.15, 0.2) is 0 Å². The van der Waals surface area contributed by atoms with Crippen LogP contribution in [-0.2, 0) is 0 Å². The van der Waals surface area contributed by atoms with E-state index in [1.54, 1.807) is 13.0 Å². The van der Waals surface area contributed by atoms with E-state index in [1.807, 2.05) is 30.3 Å². The normalized spacial score (nSPS) is 10.2. The molecule has 0 saturated carbocycles. The Kier molecular flexibility index (Phi) is 5.00. The van der Waals surface area contributed by atoms with Crippen molar-refractivity contribution in [2.24, 2.45) is 0 Å². The number of rotatable bonds is 6. The van der Waals surface area contributed by atoms with Crippen molar-refractivity contribution in [2.45, 2.75) is 6.92 Å². The number of ether oxygens (including phenoxy) is 1. The van der Waals surface area contributed by atoms with Crippen molar-refractivity contribution in [3.8, 4) is 5.75 Å². The fourth-order valence-electron chi connectivity index (χ4n) is 1.87. The summed E-state index contributed by atoms with van der Waals surface area (Å²) in [7, 11) is 0. The first-order chi connectivity index (χ1) is 10.1.